The summed E-state index contributed by atoms with van der Waals surface area (Å²) in [7, 11) is -3.63. The van der Waals surface area contributed by atoms with Crippen molar-refractivity contribution in [2.24, 2.45) is 11.1 Å². The van der Waals surface area contributed by atoms with Crippen LogP contribution in [-0.4, -0.2) is 14.5 Å². The Labute approximate surface area is 132 Å². The van der Waals surface area contributed by atoms with Gasteiger partial charge in [-0.25, -0.2) is 13.1 Å². The van der Waals surface area contributed by atoms with Crippen molar-refractivity contribution in [3.63, 3.8) is 0 Å². The molecule has 1 aliphatic rings. The summed E-state index contributed by atoms with van der Waals surface area (Å²) in [4.78, 5) is 0.119. The van der Waals surface area contributed by atoms with Gasteiger partial charge in [-0.3, -0.25) is 0 Å². The van der Waals surface area contributed by atoms with Crippen molar-refractivity contribution in [3.8, 4) is 0 Å². The van der Waals surface area contributed by atoms with Gasteiger partial charge >= 0.3 is 0 Å². The zero-order chi connectivity index (χ0) is 15.7. The molecule has 0 heterocycles. The highest BCUT2D eigenvalue weighted by molar-refractivity contribution is 7.89. The standard InChI is InChI=1S/C15H23ClN2O2S/c1-15(2)8-4-3-5-14(15)18-21(19,20)13-9-11(10-17)6-7-12(13)16/h6-7,9,14,18H,3-5,8,10,17H2,1-2H3. The number of sulfonamides is 1. The van der Waals surface area contributed by atoms with Gasteiger partial charge in [-0.2, -0.15) is 0 Å². The van der Waals surface area contributed by atoms with Crippen LogP contribution < -0.4 is 10.5 Å². The maximum atomic E-state index is 12.6. The second kappa shape index (κ2) is 6.24. The summed E-state index contributed by atoms with van der Waals surface area (Å²) in [5.74, 6) is 0. The van der Waals surface area contributed by atoms with Crippen molar-refractivity contribution >= 4 is 21.6 Å². The summed E-state index contributed by atoms with van der Waals surface area (Å²) in [5.41, 5.74) is 6.30. The van der Waals surface area contributed by atoms with Crippen molar-refractivity contribution < 1.29 is 8.42 Å². The van der Waals surface area contributed by atoms with Gasteiger partial charge in [-0.1, -0.05) is 44.4 Å². The fourth-order valence-corrected chi connectivity index (χ4v) is 4.84. The molecule has 118 valence electrons. The molecule has 0 bridgehead atoms. The van der Waals surface area contributed by atoms with E-state index in [4.69, 9.17) is 17.3 Å². The molecule has 0 aliphatic heterocycles. The van der Waals surface area contributed by atoms with Crippen LogP contribution in [0.2, 0.25) is 5.02 Å². The molecule has 3 N–H and O–H groups in total. The topological polar surface area (TPSA) is 72.2 Å². The first kappa shape index (κ1) is 16.7. The van der Waals surface area contributed by atoms with Crippen molar-refractivity contribution in [1.82, 2.24) is 4.72 Å². The average molecular weight is 331 g/mol. The lowest BCUT2D eigenvalue weighted by molar-refractivity contribution is 0.188. The van der Waals surface area contributed by atoms with Gasteiger partial charge < -0.3 is 5.73 Å². The van der Waals surface area contributed by atoms with E-state index in [9.17, 15) is 8.42 Å². The third-order valence-electron chi connectivity index (χ3n) is 4.33. The van der Waals surface area contributed by atoms with E-state index in [1.807, 2.05) is 0 Å². The lowest BCUT2D eigenvalue weighted by atomic mass is 9.74. The summed E-state index contributed by atoms with van der Waals surface area (Å²) >= 11 is 6.07. The lowest BCUT2D eigenvalue weighted by Gasteiger charge is -2.38. The van der Waals surface area contributed by atoms with Gasteiger partial charge in [-0.15, -0.1) is 0 Å². The number of rotatable bonds is 4. The summed E-state index contributed by atoms with van der Waals surface area (Å²) in [6, 6.07) is 4.82. The number of nitrogens with two attached hydrogens (primary N) is 1. The lowest BCUT2D eigenvalue weighted by Crippen LogP contribution is -2.46. The molecule has 1 unspecified atom stereocenters. The molecular weight excluding hydrogens is 308 g/mol. The summed E-state index contributed by atoms with van der Waals surface area (Å²) < 4.78 is 28.1. The van der Waals surface area contributed by atoms with Crippen LogP contribution in [0.1, 0.15) is 45.1 Å². The van der Waals surface area contributed by atoms with Crippen LogP contribution in [0.5, 0.6) is 0 Å². The molecule has 0 spiro atoms. The van der Waals surface area contributed by atoms with Crippen LogP contribution in [0, 0.1) is 5.41 Å². The third kappa shape index (κ3) is 3.77. The van der Waals surface area contributed by atoms with Crippen LogP contribution >= 0.6 is 11.6 Å². The Kier molecular flexibility index (Phi) is 4.98. The van der Waals surface area contributed by atoms with E-state index in [0.29, 0.717) is 0 Å². The summed E-state index contributed by atoms with van der Waals surface area (Å²) in [6.07, 6.45) is 4.08. The fraction of sp³-hybridized carbons (Fsp3) is 0.600. The van der Waals surface area contributed by atoms with E-state index in [1.165, 1.54) is 0 Å². The molecule has 1 saturated carbocycles. The first-order valence-corrected chi connectivity index (χ1v) is 9.13. The molecule has 0 saturated heterocycles. The molecule has 2 rings (SSSR count). The average Bonchev–Trinajstić information content (AvgIpc) is 2.41. The van der Waals surface area contributed by atoms with Crippen molar-refractivity contribution in [2.45, 2.75) is 57.0 Å². The Morgan fingerprint density at radius 2 is 2.10 bits per heavy atom. The van der Waals surface area contributed by atoms with Gasteiger partial charge in [0.1, 0.15) is 4.90 Å². The van der Waals surface area contributed by atoms with Gasteiger partial charge in [0, 0.05) is 12.6 Å². The monoisotopic (exact) mass is 330 g/mol. The second-order valence-electron chi connectivity index (χ2n) is 6.38. The van der Waals surface area contributed by atoms with E-state index in [2.05, 4.69) is 18.6 Å². The minimum absolute atomic E-state index is 0.0384. The summed E-state index contributed by atoms with van der Waals surface area (Å²) in [6.45, 7) is 4.50. The van der Waals surface area contributed by atoms with E-state index in [1.54, 1.807) is 18.2 Å². The van der Waals surface area contributed by atoms with Crippen LogP contribution in [0.25, 0.3) is 0 Å². The molecule has 0 aromatic heterocycles. The van der Waals surface area contributed by atoms with Crippen molar-refractivity contribution in [2.75, 3.05) is 0 Å². The molecule has 0 amide bonds. The van der Waals surface area contributed by atoms with Gasteiger partial charge in [-0.05, 0) is 36.0 Å². The maximum Gasteiger partial charge on any atom is 0.242 e. The normalized spacial score (nSPS) is 22.2. The highest BCUT2D eigenvalue weighted by Gasteiger charge is 2.35. The molecule has 1 atom stereocenters. The zero-order valence-electron chi connectivity index (χ0n) is 12.5. The van der Waals surface area contributed by atoms with Crippen LogP contribution in [0.3, 0.4) is 0 Å². The first-order chi connectivity index (χ1) is 9.76. The number of nitrogens with one attached hydrogen (secondary N) is 1. The molecule has 4 nitrogen and oxygen atoms in total. The van der Waals surface area contributed by atoms with E-state index in [0.717, 1.165) is 31.2 Å². The van der Waals surface area contributed by atoms with E-state index < -0.39 is 10.0 Å². The highest BCUT2D eigenvalue weighted by atomic mass is 35.5. The Bertz CT molecular complexity index is 614. The van der Waals surface area contributed by atoms with E-state index >= 15 is 0 Å². The maximum absolute atomic E-state index is 12.6. The van der Waals surface area contributed by atoms with Gasteiger partial charge in [0.15, 0.2) is 0 Å². The minimum Gasteiger partial charge on any atom is -0.326 e. The quantitative estimate of drug-likeness (QED) is 0.891. The Morgan fingerprint density at radius 3 is 2.71 bits per heavy atom. The molecule has 1 fully saturated rings. The Morgan fingerprint density at radius 1 is 1.38 bits per heavy atom. The molecule has 0 radical (unpaired) electrons. The number of halogens is 1. The SMILES string of the molecule is CC1(C)CCCCC1NS(=O)(=O)c1cc(CN)ccc1Cl. The van der Waals surface area contributed by atoms with Gasteiger partial charge in [0.05, 0.1) is 5.02 Å². The smallest absolute Gasteiger partial charge is 0.242 e. The predicted octanol–water partition coefficient (Wildman–Crippen LogP) is 3.05. The van der Waals surface area contributed by atoms with Gasteiger partial charge in [0.25, 0.3) is 0 Å². The fourth-order valence-electron chi connectivity index (χ4n) is 2.84. The van der Waals surface area contributed by atoms with Crippen LogP contribution in [0.15, 0.2) is 23.1 Å². The number of hydrogen-bond acceptors (Lipinski definition) is 3. The minimum atomic E-state index is -3.63. The molecule has 1 aromatic rings. The Hall–Kier alpha value is -0.620. The third-order valence-corrected chi connectivity index (χ3v) is 6.28. The van der Waals surface area contributed by atoms with Crippen LogP contribution in [0.4, 0.5) is 0 Å². The highest BCUT2D eigenvalue weighted by Crippen LogP contribution is 2.36. The largest absolute Gasteiger partial charge is 0.326 e. The molecule has 1 aliphatic carbocycles. The second-order valence-corrected chi connectivity index (χ2v) is 8.47. The molecular formula is C15H23ClN2O2S. The van der Waals surface area contributed by atoms with Crippen molar-refractivity contribution in [1.29, 1.82) is 0 Å². The summed E-state index contributed by atoms with van der Waals surface area (Å²) in [5, 5.41) is 0.230. The molecule has 6 heteroatoms. The van der Waals surface area contributed by atoms with Crippen LogP contribution in [-0.2, 0) is 16.6 Å². The van der Waals surface area contributed by atoms with Crippen molar-refractivity contribution in [3.05, 3.63) is 28.8 Å². The number of benzene rings is 1. The predicted molar refractivity (Wildman–Crippen MR) is 85.7 cm³/mol. The molecule has 21 heavy (non-hydrogen) atoms. The Balaban J connectivity index is 2.30. The van der Waals surface area contributed by atoms with Gasteiger partial charge in [0.2, 0.25) is 10.0 Å². The van der Waals surface area contributed by atoms with E-state index in [-0.39, 0.29) is 27.9 Å². The first-order valence-electron chi connectivity index (χ1n) is 7.27. The molecule has 1 aromatic carbocycles. The zero-order valence-corrected chi connectivity index (χ0v) is 14.1. The number of hydrogen-bond donors (Lipinski definition) is 2.